The summed E-state index contributed by atoms with van der Waals surface area (Å²) in [5.74, 6) is 0.619. The van der Waals surface area contributed by atoms with Gasteiger partial charge in [0.05, 0.1) is 12.3 Å². The average Bonchev–Trinajstić information content (AvgIpc) is 2.81. The van der Waals surface area contributed by atoms with Gasteiger partial charge in [-0.15, -0.1) is 0 Å². The third-order valence-electron chi connectivity index (χ3n) is 3.00. The smallest absolute Gasteiger partial charge is 0.263 e. The van der Waals surface area contributed by atoms with Gasteiger partial charge in [-0.1, -0.05) is 6.07 Å². The van der Waals surface area contributed by atoms with Crippen molar-refractivity contribution >= 4 is 15.7 Å². The van der Waals surface area contributed by atoms with Gasteiger partial charge < -0.3 is 15.0 Å². The fourth-order valence-electron chi connectivity index (χ4n) is 1.96. The minimum absolute atomic E-state index is 0.187. The van der Waals surface area contributed by atoms with Gasteiger partial charge in [0.2, 0.25) is 0 Å². The molecule has 0 aliphatic rings. The van der Waals surface area contributed by atoms with E-state index in [1.807, 2.05) is 6.92 Å². The Balaban J connectivity index is 2.26. The maximum Gasteiger partial charge on any atom is 0.263 e. The van der Waals surface area contributed by atoms with Crippen LogP contribution in [0.3, 0.4) is 0 Å². The minimum Gasteiger partial charge on any atom is -0.494 e. The first kappa shape index (κ1) is 15.4. The molecule has 0 amide bonds. The van der Waals surface area contributed by atoms with Crippen LogP contribution in [0.2, 0.25) is 0 Å². The van der Waals surface area contributed by atoms with Crippen LogP contribution in [0.5, 0.6) is 5.75 Å². The summed E-state index contributed by atoms with van der Waals surface area (Å²) in [6.45, 7) is 2.68. The van der Waals surface area contributed by atoms with Gasteiger partial charge in [-0.25, -0.2) is 8.42 Å². The van der Waals surface area contributed by atoms with Crippen molar-refractivity contribution in [3.8, 4) is 5.75 Å². The van der Waals surface area contributed by atoms with Gasteiger partial charge in [0, 0.05) is 31.5 Å². The van der Waals surface area contributed by atoms with Crippen LogP contribution in [0.25, 0.3) is 0 Å². The molecule has 1 aromatic heterocycles. The van der Waals surface area contributed by atoms with Crippen LogP contribution in [0.15, 0.2) is 41.4 Å². The van der Waals surface area contributed by atoms with E-state index in [1.165, 1.54) is 6.20 Å². The Kier molecular flexibility index (Phi) is 4.54. The number of hydrogen-bond donors (Lipinski definition) is 2. The predicted molar refractivity (Wildman–Crippen MR) is 81.7 cm³/mol. The van der Waals surface area contributed by atoms with Gasteiger partial charge in [0.25, 0.3) is 10.0 Å². The SMILES string of the molecule is CCOc1cccc(NS(=O)(=O)c2cc(CN)n(C)c2)c1. The van der Waals surface area contributed by atoms with Crippen LogP contribution in [0, 0.1) is 0 Å². The Morgan fingerprint density at radius 3 is 2.71 bits per heavy atom. The van der Waals surface area contributed by atoms with E-state index in [2.05, 4.69) is 4.72 Å². The number of ether oxygens (including phenoxy) is 1. The maximum absolute atomic E-state index is 12.3. The number of anilines is 1. The monoisotopic (exact) mass is 309 g/mol. The molecule has 0 saturated carbocycles. The van der Waals surface area contributed by atoms with E-state index in [4.69, 9.17) is 10.5 Å². The van der Waals surface area contributed by atoms with Gasteiger partial charge in [-0.05, 0) is 25.1 Å². The molecular weight excluding hydrogens is 290 g/mol. The second-order valence-electron chi connectivity index (χ2n) is 4.55. The molecule has 0 atom stereocenters. The molecule has 0 unspecified atom stereocenters. The van der Waals surface area contributed by atoms with Gasteiger partial charge in [0.15, 0.2) is 0 Å². The number of aromatic nitrogens is 1. The molecule has 0 radical (unpaired) electrons. The van der Waals surface area contributed by atoms with E-state index in [1.54, 1.807) is 41.9 Å². The lowest BCUT2D eigenvalue weighted by Gasteiger charge is -2.08. The molecule has 0 spiro atoms. The number of sulfonamides is 1. The maximum atomic E-state index is 12.3. The van der Waals surface area contributed by atoms with Crippen molar-refractivity contribution in [2.45, 2.75) is 18.4 Å². The fourth-order valence-corrected chi connectivity index (χ4v) is 3.10. The number of hydrogen-bond acceptors (Lipinski definition) is 4. The summed E-state index contributed by atoms with van der Waals surface area (Å²) in [6, 6.07) is 8.39. The zero-order valence-electron chi connectivity index (χ0n) is 12.0. The van der Waals surface area contributed by atoms with Crippen LogP contribution >= 0.6 is 0 Å². The van der Waals surface area contributed by atoms with E-state index in [-0.39, 0.29) is 11.4 Å². The number of aryl methyl sites for hydroxylation is 1. The van der Waals surface area contributed by atoms with Gasteiger partial charge in [-0.3, -0.25) is 4.72 Å². The molecule has 0 saturated heterocycles. The molecule has 2 aromatic rings. The van der Waals surface area contributed by atoms with Crippen molar-refractivity contribution in [3.63, 3.8) is 0 Å². The molecule has 1 aromatic carbocycles. The van der Waals surface area contributed by atoms with Crippen LogP contribution in [0.1, 0.15) is 12.6 Å². The van der Waals surface area contributed by atoms with Crippen molar-refractivity contribution in [2.24, 2.45) is 12.8 Å². The lowest BCUT2D eigenvalue weighted by molar-refractivity contribution is 0.340. The van der Waals surface area contributed by atoms with Gasteiger partial charge in [-0.2, -0.15) is 0 Å². The minimum atomic E-state index is -3.64. The van der Waals surface area contributed by atoms with Crippen LogP contribution in [0.4, 0.5) is 5.69 Å². The number of nitrogens with one attached hydrogen (secondary N) is 1. The zero-order chi connectivity index (χ0) is 15.5. The predicted octanol–water partition coefficient (Wildman–Crippen LogP) is 1.68. The van der Waals surface area contributed by atoms with E-state index in [9.17, 15) is 8.42 Å². The van der Waals surface area contributed by atoms with Crippen LogP contribution < -0.4 is 15.2 Å². The van der Waals surface area contributed by atoms with Crippen molar-refractivity contribution in [3.05, 3.63) is 42.2 Å². The van der Waals surface area contributed by atoms with Crippen molar-refractivity contribution in [2.75, 3.05) is 11.3 Å². The molecule has 0 aliphatic heterocycles. The van der Waals surface area contributed by atoms with Gasteiger partial charge >= 0.3 is 0 Å². The van der Waals surface area contributed by atoms with Crippen molar-refractivity contribution in [1.82, 2.24) is 4.57 Å². The average molecular weight is 309 g/mol. The highest BCUT2D eigenvalue weighted by Gasteiger charge is 2.17. The van der Waals surface area contributed by atoms with E-state index in [0.29, 0.717) is 18.0 Å². The van der Waals surface area contributed by atoms with Crippen molar-refractivity contribution < 1.29 is 13.2 Å². The Morgan fingerprint density at radius 1 is 1.33 bits per heavy atom. The summed E-state index contributed by atoms with van der Waals surface area (Å²) < 4.78 is 34.3. The zero-order valence-corrected chi connectivity index (χ0v) is 12.9. The number of rotatable bonds is 6. The second kappa shape index (κ2) is 6.19. The van der Waals surface area contributed by atoms with E-state index < -0.39 is 10.0 Å². The highest BCUT2D eigenvalue weighted by molar-refractivity contribution is 7.92. The molecule has 0 fully saturated rings. The molecule has 21 heavy (non-hydrogen) atoms. The third-order valence-corrected chi connectivity index (χ3v) is 4.35. The fraction of sp³-hybridized carbons (Fsp3) is 0.286. The molecule has 2 rings (SSSR count). The second-order valence-corrected chi connectivity index (χ2v) is 6.23. The first-order valence-corrected chi connectivity index (χ1v) is 8.05. The molecular formula is C14H19N3O3S. The quantitative estimate of drug-likeness (QED) is 0.850. The molecule has 0 aliphatic carbocycles. The molecule has 7 heteroatoms. The summed E-state index contributed by atoms with van der Waals surface area (Å²) in [7, 11) is -1.88. The molecule has 114 valence electrons. The first-order valence-electron chi connectivity index (χ1n) is 6.57. The number of benzene rings is 1. The third kappa shape index (κ3) is 3.56. The summed E-state index contributed by atoms with van der Waals surface area (Å²) in [4.78, 5) is 0.187. The highest BCUT2D eigenvalue weighted by Crippen LogP contribution is 2.21. The highest BCUT2D eigenvalue weighted by atomic mass is 32.2. The van der Waals surface area contributed by atoms with Crippen molar-refractivity contribution in [1.29, 1.82) is 0 Å². The molecule has 3 N–H and O–H groups in total. The Hall–Kier alpha value is -1.99. The lowest BCUT2D eigenvalue weighted by Crippen LogP contribution is -2.12. The molecule has 6 nitrogen and oxygen atoms in total. The summed E-state index contributed by atoms with van der Waals surface area (Å²) >= 11 is 0. The first-order chi connectivity index (χ1) is 9.96. The Bertz CT molecular complexity index is 723. The normalized spacial score (nSPS) is 11.4. The summed E-state index contributed by atoms with van der Waals surface area (Å²) in [5.41, 5.74) is 6.77. The van der Waals surface area contributed by atoms with Crippen LogP contribution in [-0.4, -0.2) is 19.6 Å². The number of nitrogens with zero attached hydrogens (tertiary/aromatic N) is 1. The standard InChI is InChI=1S/C14H19N3O3S/c1-3-20-13-6-4-5-11(7-13)16-21(18,19)14-8-12(9-15)17(2)10-14/h4-8,10,16H,3,9,15H2,1-2H3. The molecule has 1 heterocycles. The summed E-state index contributed by atoms with van der Waals surface area (Å²) in [5, 5.41) is 0. The topological polar surface area (TPSA) is 86.3 Å². The lowest BCUT2D eigenvalue weighted by atomic mass is 10.3. The largest absolute Gasteiger partial charge is 0.494 e. The van der Waals surface area contributed by atoms with E-state index >= 15 is 0 Å². The Labute approximate surface area is 124 Å². The summed E-state index contributed by atoms with van der Waals surface area (Å²) in [6.07, 6.45) is 1.54. The van der Waals surface area contributed by atoms with Gasteiger partial charge in [0.1, 0.15) is 10.6 Å². The van der Waals surface area contributed by atoms with Crippen LogP contribution in [-0.2, 0) is 23.6 Å². The number of nitrogens with two attached hydrogens (primary N) is 1. The van der Waals surface area contributed by atoms with E-state index in [0.717, 1.165) is 5.69 Å². The Morgan fingerprint density at radius 2 is 2.10 bits per heavy atom. The molecule has 0 bridgehead atoms.